The van der Waals surface area contributed by atoms with Crippen LogP contribution in [0.3, 0.4) is 0 Å². The van der Waals surface area contributed by atoms with Crippen molar-refractivity contribution in [1.82, 2.24) is 15.6 Å². The van der Waals surface area contributed by atoms with E-state index < -0.39 is 0 Å². The van der Waals surface area contributed by atoms with E-state index in [-0.39, 0.29) is 11.8 Å². The number of carbonyl (C=O) groups is 2. The number of nitrogens with zero attached hydrogens (tertiary/aromatic N) is 2. The van der Waals surface area contributed by atoms with Crippen LogP contribution >= 0.6 is 0 Å². The Balaban J connectivity index is 1.66. The Morgan fingerprint density at radius 3 is 2.72 bits per heavy atom. The van der Waals surface area contributed by atoms with E-state index in [0.29, 0.717) is 25.1 Å². The van der Waals surface area contributed by atoms with Gasteiger partial charge in [0.05, 0.1) is 0 Å². The molecule has 2 N–H and O–H groups in total. The lowest BCUT2D eigenvalue weighted by Gasteiger charge is -2.26. The van der Waals surface area contributed by atoms with Crippen molar-refractivity contribution in [1.29, 1.82) is 0 Å². The van der Waals surface area contributed by atoms with Crippen LogP contribution in [-0.4, -0.2) is 48.6 Å². The van der Waals surface area contributed by atoms with Gasteiger partial charge in [0.2, 0.25) is 5.91 Å². The van der Waals surface area contributed by atoms with E-state index >= 15 is 0 Å². The maximum Gasteiger partial charge on any atom is 0.267 e. The zero-order valence-electron chi connectivity index (χ0n) is 10.6. The highest BCUT2D eigenvalue weighted by atomic mass is 16.2. The first-order chi connectivity index (χ1) is 8.75. The number of piperidine rings is 1. The fourth-order valence-corrected chi connectivity index (χ4v) is 2.25. The maximum atomic E-state index is 11.7. The summed E-state index contributed by atoms with van der Waals surface area (Å²) in [4.78, 5) is 25.0. The smallest absolute Gasteiger partial charge is 0.267 e. The molecule has 100 valence electrons. The molecule has 0 radical (unpaired) electrons. The molecule has 2 rings (SSSR count). The van der Waals surface area contributed by atoms with Gasteiger partial charge in [0.15, 0.2) is 0 Å². The van der Waals surface area contributed by atoms with Gasteiger partial charge in [0.25, 0.3) is 5.91 Å². The van der Waals surface area contributed by atoms with E-state index in [1.807, 2.05) is 0 Å². The van der Waals surface area contributed by atoms with Crippen LogP contribution in [0.1, 0.15) is 32.1 Å². The Bertz CT molecular complexity index is 348. The van der Waals surface area contributed by atoms with E-state index in [1.165, 1.54) is 19.3 Å². The zero-order chi connectivity index (χ0) is 12.8. The van der Waals surface area contributed by atoms with Crippen molar-refractivity contribution in [2.45, 2.75) is 32.1 Å². The number of carbonyl (C=O) groups excluding carboxylic acids is 2. The highest BCUT2D eigenvalue weighted by Crippen LogP contribution is 2.07. The third-order valence-corrected chi connectivity index (χ3v) is 3.33. The Labute approximate surface area is 107 Å². The summed E-state index contributed by atoms with van der Waals surface area (Å²) < 4.78 is 0. The van der Waals surface area contributed by atoms with Crippen molar-refractivity contribution in [3.63, 3.8) is 0 Å². The summed E-state index contributed by atoms with van der Waals surface area (Å²) in [6.45, 7) is 3.80. The number of hydrogen-bond acceptors (Lipinski definition) is 4. The van der Waals surface area contributed by atoms with Crippen molar-refractivity contribution >= 4 is 17.5 Å². The average Bonchev–Trinajstić information content (AvgIpc) is 2.40. The van der Waals surface area contributed by atoms with Crippen LogP contribution in [0.15, 0.2) is 5.10 Å². The molecule has 0 aromatic rings. The van der Waals surface area contributed by atoms with Gasteiger partial charge in [-0.2, -0.15) is 5.10 Å². The molecule has 18 heavy (non-hydrogen) atoms. The predicted octanol–water partition coefficient (Wildman–Crippen LogP) is -0.145. The molecule has 0 unspecified atom stereocenters. The van der Waals surface area contributed by atoms with E-state index in [2.05, 4.69) is 20.7 Å². The summed E-state index contributed by atoms with van der Waals surface area (Å²) in [5.74, 6) is -0.285. The lowest BCUT2D eigenvalue weighted by Crippen LogP contribution is -2.41. The van der Waals surface area contributed by atoms with Crippen LogP contribution in [0.4, 0.5) is 0 Å². The molecule has 6 heteroatoms. The molecule has 0 bridgehead atoms. The normalized spacial score (nSPS) is 21.1. The Kier molecular flexibility index (Phi) is 4.69. The molecule has 2 aliphatic rings. The van der Waals surface area contributed by atoms with Crippen molar-refractivity contribution in [2.75, 3.05) is 26.2 Å². The molecule has 0 atom stereocenters. The molecule has 1 saturated heterocycles. The summed E-state index contributed by atoms with van der Waals surface area (Å²) >= 11 is 0. The van der Waals surface area contributed by atoms with Gasteiger partial charge in [-0.1, -0.05) is 6.42 Å². The van der Waals surface area contributed by atoms with Crippen molar-refractivity contribution < 1.29 is 9.59 Å². The first-order valence-electron chi connectivity index (χ1n) is 6.61. The Morgan fingerprint density at radius 2 is 2.06 bits per heavy atom. The molecule has 2 heterocycles. The maximum absolute atomic E-state index is 11.7. The van der Waals surface area contributed by atoms with Gasteiger partial charge < -0.3 is 10.2 Å². The monoisotopic (exact) mass is 252 g/mol. The van der Waals surface area contributed by atoms with Gasteiger partial charge in [-0.15, -0.1) is 0 Å². The lowest BCUT2D eigenvalue weighted by molar-refractivity contribution is -0.121. The highest BCUT2D eigenvalue weighted by molar-refractivity contribution is 6.39. The van der Waals surface area contributed by atoms with E-state index in [1.54, 1.807) is 0 Å². The fourth-order valence-electron chi connectivity index (χ4n) is 2.25. The summed E-state index contributed by atoms with van der Waals surface area (Å²) in [5, 5.41) is 6.62. The topological polar surface area (TPSA) is 73.8 Å². The number of rotatable bonds is 4. The summed E-state index contributed by atoms with van der Waals surface area (Å²) in [7, 11) is 0. The van der Waals surface area contributed by atoms with Crippen LogP contribution in [0.2, 0.25) is 0 Å². The molecule has 0 spiro atoms. The van der Waals surface area contributed by atoms with E-state index in [0.717, 1.165) is 19.6 Å². The zero-order valence-corrected chi connectivity index (χ0v) is 10.6. The second kappa shape index (κ2) is 6.49. The van der Waals surface area contributed by atoms with Gasteiger partial charge in [-0.05, 0) is 25.9 Å². The summed E-state index contributed by atoms with van der Waals surface area (Å²) in [6, 6.07) is 0. The predicted molar refractivity (Wildman–Crippen MR) is 68.1 cm³/mol. The molecule has 0 aliphatic carbocycles. The molecular formula is C12H20N4O2. The number of likely N-dealkylation sites (tertiary alicyclic amines) is 1. The molecule has 1 fully saturated rings. The molecule has 0 saturated carbocycles. The second-order valence-electron chi connectivity index (χ2n) is 4.75. The Hall–Kier alpha value is -1.43. The van der Waals surface area contributed by atoms with Crippen LogP contribution in [0.5, 0.6) is 0 Å². The van der Waals surface area contributed by atoms with E-state index in [4.69, 9.17) is 0 Å². The quantitative estimate of drug-likeness (QED) is 0.731. The lowest BCUT2D eigenvalue weighted by atomic mass is 10.1. The Morgan fingerprint density at radius 1 is 1.28 bits per heavy atom. The van der Waals surface area contributed by atoms with Gasteiger partial charge >= 0.3 is 0 Å². The minimum Gasteiger partial charge on any atom is -0.350 e. The van der Waals surface area contributed by atoms with Crippen LogP contribution in [0.25, 0.3) is 0 Å². The molecule has 0 aromatic carbocycles. The van der Waals surface area contributed by atoms with Gasteiger partial charge in [-0.25, -0.2) is 5.43 Å². The molecular weight excluding hydrogens is 232 g/mol. The minimum atomic E-state index is -0.160. The largest absolute Gasteiger partial charge is 0.350 e. The second-order valence-corrected chi connectivity index (χ2v) is 4.75. The average molecular weight is 252 g/mol. The van der Waals surface area contributed by atoms with Crippen molar-refractivity contribution in [3.8, 4) is 0 Å². The minimum absolute atomic E-state index is 0.125. The first-order valence-corrected chi connectivity index (χ1v) is 6.61. The third kappa shape index (κ3) is 3.80. The van der Waals surface area contributed by atoms with Gasteiger partial charge in [-0.3, -0.25) is 9.59 Å². The molecule has 0 aromatic heterocycles. The van der Waals surface area contributed by atoms with Crippen molar-refractivity contribution in [2.24, 2.45) is 5.10 Å². The number of hydrazone groups is 1. The van der Waals surface area contributed by atoms with Gasteiger partial charge in [0, 0.05) is 25.9 Å². The van der Waals surface area contributed by atoms with Crippen LogP contribution < -0.4 is 10.7 Å². The summed E-state index contributed by atoms with van der Waals surface area (Å²) in [5.41, 5.74) is 2.75. The SMILES string of the molecule is O=C1CCC(C(=O)NCCN2CCCCC2)=NN1. The number of nitrogens with one attached hydrogen (secondary N) is 2. The van der Waals surface area contributed by atoms with Crippen LogP contribution in [0, 0.1) is 0 Å². The number of amides is 2. The third-order valence-electron chi connectivity index (χ3n) is 3.33. The first kappa shape index (κ1) is 13.0. The molecule has 2 amide bonds. The van der Waals surface area contributed by atoms with Crippen molar-refractivity contribution in [3.05, 3.63) is 0 Å². The van der Waals surface area contributed by atoms with Crippen LogP contribution in [-0.2, 0) is 9.59 Å². The standard InChI is InChI=1S/C12H20N4O2/c17-11-5-4-10(14-15-11)12(18)13-6-9-16-7-2-1-3-8-16/h1-9H2,(H,13,18)(H,15,17). The van der Waals surface area contributed by atoms with E-state index in [9.17, 15) is 9.59 Å². The number of hydrogen-bond donors (Lipinski definition) is 2. The summed E-state index contributed by atoms with van der Waals surface area (Å²) in [6.07, 6.45) is 4.61. The van der Waals surface area contributed by atoms with Gasteiger partial charge in [0.1, 0.15) is 5.71 Å². The molecule has 2 aliphatic heterocycles. The molecule has 6 nitrogen and oxygen atoms in total. The fraction of sp³-hybridized carbons (Fsp3) is 0.750. The highest BCUT2D eigenvalue weighted by Gasteiger charge is 2.18.